The number of benzene rings is 3. The Morgan fingerprint density at radius 2 is 1.68 bits per heavy atom. The van der Waals surface area contributed by atoms with Gasteiger partial charge < -0.3 is 20.0 Å². The molecule has 1 fully saturated rings. The molecule has 6 heteroatoms. The van der Waals surface area contributed by atoms with Crippen LogP contribution in [-0.4, -0.2) is 23.8 Å². The van der Waals surface area contributed by atoms with E-state index in [0.29, 0.717) is 18.4 Å². The third-order valence-corrected chi connectivity index (χ3v) is 7.39. The van der Waals surface area contributed by atoms with Crippen LogP contribution in [-0.2, 0) is 16.1 Å². The van der Waals surface area contributed by atoms with Gasteiger partial charge in [-0.15, -0.1) is 0 Å². The van der Waals surface area contributed by atoms with Crippen LogP contribution in [0.2, 0.25) is 0 Å². The van der Waals surface area contributed by atoms with Crippen LogP contribution < -0.4 is 10.6 Å². The number of para-hydroxylation sites is 1. The molecule has 37 heavy (non-hydrogen) atoms. The number of anilines is 2. The number of aromatic nitrogens is 1. The number of hydrogen-bond donors (Lipinski definition) is 2. The van der Waals surface area contributed by atoms with Crippen LogP contribution in [0.4, 0.5) is 11.4 Å². The molecule has 3 aromatic carbocycles. The van der Waals surface area contributed by atoms with Gasteiger partial charge in [-0.1, -0.05) is 31.0 Å². The average Bonchev–Trinajstić information content (AvgIpc) is 3.51. The summed E-state index contributed by atoms with van der Waals surface area (Å²) in [4.78, 5) is 23.8. The van der Waals surface area contributed by atoms with Gasteiger partial charge in [0.25, 0.3) is 0 Å². The number of rotatable bonds is 7. The van der Waals surface area contributed by atoms with E-state index >= 15 is 0 Å². The normalized spacial score (nSPS) is 14.0. The highest BCUT2D eigenvalue weighted by Crippen LogP contribution is 2.43. The lowest BCUT2D eigenvalue weighted by Gasteiger charge is -2.25. The molecule has 1 aliphatic carbocycles. The van der Waals surface area contributed by atoms with Gasteiger partial charge in [0, 0.05) is 59.6 Å². The van der Waals surface area contributed by atoms with E-state index in [0.717, 1.165) is 55.3 Å². The van der Waals surface area contributed by atoms with Crippen molar-refractivity contribution in [1.82, 2.24) is 4.57 Å². The minimum absolute atomic E-state index is 0.0114. The Hall–Kier alpha value is -4.11. The van der Waals surface area contributed by atoms with Gasteiger partial charge in [0.2, 0.25) is 5.91 Å². The fourth-order valence-corrected chi connectivity index (χ4v) is 5.48. The Morgan fingerprint density at radius 3 is 2.32 bits per heavy atom. The van der Waals surface area contributed by atoms with Crippen LogP contribution in [0.1, 0.15) is 51.0 Å². The molecule has 1 saturated carbocycles. The third-order valence-electron chi connectivity index (χ3n) is 7.39. The fraction of sp³-hybridized carbons (Fsp3) is 0.323. The minimum Gasteiger partial charge on any atom is -0.388 e. The first-order valence-electron chi connectivity index (χ1n) is 12.9. The summed E-state index contributed by atoms with van der Waals surface area (Å²) in [5.41, 5.74) is 4.82. The molecule has 0 saturated heterocycles. The second kappa shape index (κ2) is 11.7. The number of nitrogens with zero attached hydrogens (tertiary/aromatic N) is 2. The second-order valence-electron chi connectivity index (χ2n) is 9.74. The van der Waals surface area contributed by atoms with Crippen molar-refractivity contribution < 1.29 is 9.59 Å². The van der Waals surface area contributed by atoms with E-state index in [4.69, 9.17) is 5.26 Å². The molecular weight excluding hydrogens is 460 g/mol. The average molecular weight is 495 g/mol. The number of aryl methyl sites for hydroxylation is 1. The molecule has 190 valence electrons. The monoisotopic (exact) mass is 494 g/mol. The van der Waals surface area contributed by atoms with Crippen LogP contribution in [0.5, 0.6) is 0 Å². The number of aldehydes is 1. The largest absolute Gasteiger partial charge is 0.388 e. The molecule has 4 aromatic rings. The molecule has 0 unspecified atom stereocenters. The topological polar surface area (TPSA) is 86.9 Å². The third kappa shape index (κ3) is 5.83. The molecule has 0 spiro atoms. The zero-order valence-electron chi connectivity index (χ0n) is 21.6. The summed E-state index contributed by atoms with van der Waals surface area (Å²) in [6.45, 7) is 3.06. The lowest BCUT2D eigenvalue weighted by atomic mass is 9.80. The van der Waals surface area contributed by atoms with Gasteiger partial charge in [0.05, 0.1) is 11.6 Å². The van der Waals surface area contributed by atoms with Crippen molar-refractivity contribution in [2.45, 2.75) is 52.0 Å². The Balaban J connectivity index is 0.000000270. The smallest absolute Gasteiger partial charge is 0.224 e. The van der Waals surface area contributed by atoms with Crippen molar-refractivity contribution in [3.8, 4) is 6.07 Å². The van der Waals surface area contributed by atoms with Crippen molar-refractivity contribution in [2.24, 2.45) is 5.41 Å². The maximum Gasteiger partial charge on any atom is 0.224 e. The highest BCUT2D eigenvalue weighted by molar-refractivity contribution is 6.09. The summed E-state index contributed by atoms with van der Waals surface area (Å²) in [6, 6.07) is 23.9. The van der Waals surface area contributed by atoms with Crippen molar-refractivity contribution in [1.29, 1.82) is 5.26 Å². The zero-order valence-corrected chi connectivity index (χ0v) is 21.6. The Kier molecular flexibility index (Phi) is 8.25. The molecule has 0 atom stereocenters. The van der Waals surface area contributed by atoms with E-state index in [-0.39, 0.29) is 11.3 Å². The highest BCUT2D eigenvalue weighted by Gasteiger charge is 2.35. The molecular formula is C31H34N4O2. The molecule has 1 amide bonds. The van der Waals surface area contributed by atoms with E-state index in [1.807, 2.05) is 25.2 Å². The summed E-state index contributed by atoms with van der Waals surface area (Å²) in [6.07, 6.45) is 6.08. The molecule has 0 aliphatic heterocycles. The molecule has 1 aliphatic rings. The SMILES string of the molecule is CCn1c2ccccc2c2cc(NC(=O)CC3(CC=O)CCCC3)ccc21.CNc1ccc(C#N)cc1. The van der Waals surface area contributed by atoms with Gasteiger partial charge >= 0.3 is 0 Å². The Morgan fingerprint density at radius 1 is 1.00 bits per heavy atom. The maximum absolute atomic E-state index is 12.7. The van der Waals surface area contributed by atoms with Crippen LogP contribution in [0.25, 0.3) is 21.8 Å². The first kappa shape index (κ1) is 26.0. The standard InChI is InChI=1S/C23H26N2O2.C8H8N2/c1-2-25-20-8-4-3-7-18(20)19-15-17(9-10-21(19)25)24-22(27)16-23(13-14-26)11-5-6-12-23;1-10-8-4-2-7(6-9)3-5-8/h3-4,7-10,14-15H,2,5-6,11-13,16H2,1H3,(H,24,27);2-5,10H,1H3. The second-order valence-corrected chi connectivity index (χ2v) is 9.74. The maximum atomic E-state index is 12.7. The molecule has 1 heterocycles. The Labute approximate surface area is 218 Å². The lowest BCUT2D eigenvalue weighted by molar-refractivity contribution is -0.119. The number of hydrogen-bond acceptors (Lipinski definition) is 4. The van der Waals surface area contributed by atoms with E-state index in [9.17, 15) is 9.59 Å². The number of nitrogens with one attached hydrogen (secondary N) is 2. The first-order valence-corrected chi connectivity index (χ1v) is 12.9. The van der Waals surface area contributed by atoms with Crippen molar-refractivity contribution in [3.05, 3.63) is 72.3 Å². The fourth-order valence-electron chi connectivity index (χ4n) is 5.48. The number of nitriles is 1. The van der Waals surface area contributed by atoms with Crippen LogP contribution in [0, 0.1) is 16.7 Å². The van der Waals surface area contributed by atoms with Gasteiger partial charge in [-0.2, -0.15) is 5.26 Å². The number of fused-ring (bicyclic) bond motifs is 3. The summed E-state index contributed by atoms with van der Waals surface area (Å²) in [5, 5.41) is 16.8. The van der Waals surface area contributed by atoms with Gasteiger partial charge in [-0.05, 0) is 73.7 Å². The lowest BCUT2D eigenvalue weighted by Crippen LogP contribution is -2.25. The number of carbonyl (C=O) groups excluding carboxylic acids is 2. The van der Waals surface area contributed by atoms with Gasteiger partial charge in [-0.25, -0.2) is 0 Å². The Bertz CT molecular complexity index is 1420. The summed E-state index contributed by atoms with van der Waals surface area (Å²) in [7, 11) is 1.85. The molecule has 0 radical (unpaired) electrons. The van der Waals surface area contributed by atoms with E-state index < -0.39 is 0 Å². The van der Waals surface area contributed by atoms with Crippen molar-refractivity contribution in [2.75, 3.05) is 17.7 Å². The summed E-state index contributed by atoms with van der Waals surface area (Å²) >= 11 is 0. The van der Waals surface area contributed by atoms with Crippen molar-refractivity contribution >= 4 is 45.4 Å². The van der Waals surface area contributed by atoms with E-state index in [1.54, 1.807) is 12.1 Å². The molecule has 0 bridgehead atoms. The highest BCUT2D eigenvalue weighted by atomic mass is 16.1. The summed E-state index contributed by atoms with van der Waals surface area (Å²) < 4.78 is 2.30. The van der Waals surface area contributed by atoms with Crippen LogP contribution >= 0.6 is 0 Å². The zero-order chi connectivity index (χ0) is 26.3. The molecule has 2 N–H and O–H groups in total. The van der Waals surface area contributed by atoms with Gasteiger partial charge in [0.15, 0.2) is 0 Å². The van der Waals surface area contributed by atoms with Gasteiger partial charge in [-0.3, -0.25) is 4.79 Å². The van der Waals surface area contributed by atoms with Crippen molar-refractivity contribution in [3.63, 3.8) is 0 Å². The van der Waals surface area contributed by atoms with E-state index in [1.165, 1.54) is 16.4 Å². The molecule has 6 nitrogen and oxygen atoms in total. The first-order chi connectivity index (χ1) is 18.0. The quantitative estimate of drug-likeness (QED) is 0.274. The predicted molar refractivity (Wildman–Crippen MR) is 151 cm³/mol. The molecule has 1 aromatic heterocycles. The number of carbonyl (C=O) groups is 2. The molecule has 5 rings (SSSR count). The summed E-state index contributed by atoms with van der Waals surface area (Å²) in [5.74, 6) is 0.0114. The predicted octanol–water partition coefficient (Wildman–Crippen LogP) is 6.89. The minimum atomic E-state index is -0.131. The van der Waals surface area contributed by atoms with E-state index in [2.05, 4.69) is 64.6 Å². The van der Waals surface area contributed by atoms with Crippen LogP contribution in [0.15, 0.2) is 66.7 Å². The van der Waals surface area contributed by atoms with Crippen LogP contribution in [0.3, 0.4) is 0 Å². The van der Waals surface area contributed by atoms with Gasteiger partial charge in [0.1, 0.15) is 6.29 Å². The number of amides is 1.